The van der Waals surface area contributed by atoms with Gasteiger partial charge in [0.05, 0.1) is 19.1 Å². The number of hydrogen-bond donors (Lipinski definition) is 2. The van der Waals surface area contributed by atoms with E-state index in [1.165, 1.54) is 17.0 Å². The van der Waals surface area contributed by atoms with Crippen molar-refractivity contribution in [3.8, 4) is 5.75 Å². The number of benzene rings is 1. The van der Waals surface area contributed by atoms with Crippen LogP contribution in [0.3, 0.4) is 0 Å². The third-order valence-corrected chi connectivity index (χ3v) is 3.52. The first-order chi connectivity index (χ1) is 9.30. The normalized spacial score (nSPS) is 11.9. The van der Waals surface area contributed by atoms with Gasteiger partial charge in [-0.2, -0.15) is 0 Å². The maximum atomic E-state index is 6.28. The maximum absolute atomic E-state index is 6.28. The molecule has 0 atom stereocenters. The van der Waals surface area contributed by atoms with Crippen molar-refractivity contribution >= 4 is 11.6 Å². The highest BCUT2D eigenvalue weighted by molar-refractivity contribution is 6.32. The first-order valence-electron chi connectivity index (χ1n) is 7.34. The second kappa shape index (κ2) is 7.87. The number of ether oxygens (including phenoxy) is 1. The minimum Gasteiger partial charge on any atom is -0.486 e. The molecular weight excluding hydrogens is 272 g/mol. The molecule has 0 aliphatic carbocycles. The molecule has 0 unspecified atom stereocenters. The Morgan fingerprint density at radius 1 is 1.20 bits per heavy atom. The summed E-state index contributed by atoms with van der Waals surface area (Å²) in [6, 6.07) is 6.09. The van der Waals surface area contributed by atoms with Gasteiger partial charge >= 0.3 is 0 Å². The lowest BCUT2D eigenvalue weighted by Crippen LogP contribution is -3.09. The van der Waals surface area contributed by atoms with E-state index in [4.69, 9.17) is 16.3 Å². The molecule has 4 heteroatoms. The van der Waals surface area contributed by atoms with E-state index in [0.29, 0.717) is 11.6 Å². The van der Waals surface area contributed by atoms with Gasteiger partial charge < -0.3 is 15.0 Å². The second-order valence-corrected chi connectivity index (χ2v) is 6.97. The molecule has 0 radical (unpaired) electrons. The van der Waals surface area contributed by atoms with Gasteiger partial charge in [-0.1, -0.05) is 38.4 Å². The molecule has 0 spiro atoms. The van der Waals surface area contributed by atoms with Crippen molar-refractivity contribution in [2.75, 3.05) is 40.3 Å². The van der Waals surface area contributed by atoms with Crippen LogP contribution in [0.2, 0.25) is 5.02 Å². The summed E-state index contributed by atoms with van der Waals surface area (Å²) < 4.78 is 5.74. The van der Waals surface area contributed by atoms with Gasteiger partial charge in [0.25, 0.3) is 0 Å². The van der Waals surface area contributed by atoms with E-state index < -0.39 is 0 Å². The predicted octanol–water partition coefficient (Wildman–Crippen LogP) is 0.724. The SMILES string of the molecule is C[NH+](C)CC[NH2+]CCOc1ccc(C(C)(C)C)cc1Cl. The fourth-order valence-electron chi connectivity index (χ4n) is 1.87. The highest BCUT2D eigenvalue weighted by atomic mass is 35.5. The van der Waals surface area contributed by atoms with Gasteiger partial charge in [0, 0.05) is 0 Å². The van der Waals surface area contributed by atoms with Crippen LogP contribution in [0.4, 0.5) is 0 Å². The maximum Gasteiger partial charge on any atom is 0.138 e. The molecule has 0 aliphatic heterocycles. The van der Waals surface area contributed by atoms with Gasteiger partial charge in [-0.3, -0.25) is 0 Å². The quantitative estimate of drug-likeness (QED) is 0.715. The van der Waals surface area contributed by atoms with Gasteiger partial charge in [-0.15, -0.1) is 0 Å². The number of nitrogens with two attached hydrogens (primary N) is 1. The molecule has 0 heterocycles. The van der Waals surface area contributed by atoms with Crippen molar-refractivity contribution in [3.05, 3.63) is 28.8 Å². The van der Waals surface area contributed by atoms with Crippen LogP contribution < -0.4 is 15.0 Å². The Balaban J connectivity index is 2.38. The van der Waals surface area contributed by atoms with Gasteiger partial charge in [-0.05, 0) is 23.1 Å². The van der Waals surface area contributed by atoms with Crippen LogP contribution in [0.15, 0.2) is 18.2 Å². The first-order valence-corrected chi connectivity index (χ1v) is 7.72. The van der Waals surface area contributed by atoms with Crippen molar-refractivity contribution in [2.45, 2.75) is 26.2 Å². The molecule has 1 rings (SSSR count). The molecular formula is C16H29ClN2O+2. The Morgan fingerprint density at radius 2 is 1.90 bits per heavy atom. The summed E-state index contributed by atoms with van der Waals surface area (Å²) in [6.07, 6.45) is 0. The molecule has 0 amide bonds. The summed E-state index contributed by atoms with van der Waals surface area (Å²) in [5.41, 5.74) is 1.35. The average Bonchev–Trinajstić information content (AvgIpc) is 2.33. The van der Waals surface area contributed by atoms with Crippen molar-refractivity contribution in [2.24, 2.45) is 0 Å². The standard InChI is InChI=1S/C16H27ClN2O/c1-16(2,3)13-6-7-15(14(17)12-13)20-11-9-18-8-10-19(4)5/h6-7,12,18H,8-11H2,1-5H3/p+2. The molecule has 0 fully saturated rings. The van der Waals surface area contributed by atoms with Crippen molar-refractivity contribution < 1.29 is 15.0 Å². The summed E-state index contributed by atoms with van der Waals surface area (Å²) >= 11 is 6.28. The topological polar surface area (TPSA) is 30.3 Å². The predicted molar refractivity (Wildman–Crippen MR) is 85.0 cm³/mol. The van der Waals surface area contributed by atoms with Crippen molar-refractivity contribution in [3.63, 3.8) is 0 Å². The van der Waals surface area contributed by atoms with E-state index in [1.54, 1.807) is 0 Å². The summed E-state index contributed by atoms with van der Waals surface area (Å²) in [6.45, 7) is 10.5. The van der Waals surface area contributed by atoms with Crippen LogP contribution in [0.5, 0.6) is 5.75 Å². The van der Waals surface area contributed by atoms with Gasteiger partial charge in [0.2, 0.25) is 0 Å². The number of halogens is 1. The zero-order valence-corrected chi connectivity index (χ0v) is 14.2. The van der Waals surface area contributed by atoms with Crippen LogP contribution >= 0.6 is 11.6 Å². The Labute approximate surface area is 128 Å². The van der Waals surface area contributed by atoms with Crippen LogP contribution in [0.1, 0.15) is 26.3 Å². The summed E-state index contributed by atoms with van der Waals surface area (Å²) in [5, 5.41) is 2.99. The Bertz CT molecular complexity index is 413. The number of hydrogen-bond acceptors (Lipinski definition) is 1. The average molecular weight is 301 g/mol. The van der Waals surface area contributed by atoms with Gasteiger partial charge in [0.1, 0.15) is 32.0 Å². The molecule has 3 nitrogen and oxygen atoms in total. The van der Waals surface area contributed by atoms with Crippen molar-refractivity contribution in [1.82, 2.24) is 0 Å². The van der Waals surface area contributed by atoms with Crippen LogP contribution in [0, 0.1) is 0 Å². The number of nitrogens with one attached hydrogen (secondary N) is 1. The van der Waals surface area contributed by atoms with Crippen LogP contribution in [-0.4, -0.2) is 40.3 Å². The van der Waals surface area contributed by atoms with E-state index in [0.717, 1.165) is 18.8 Å². The lowest BCUT2D eigenvalue weighted by Gasteiger charge is -2.20. The zero-order chi connectivity index (χ0) is 15.2. The molecule has 0 aromatic heterocycles. The van der Waals surface area contributed by atoms with Crippen molar-refractivity contribution in [1.29, 1.82) is 0 Å². The molecule has 1 aromatic rings. The second-order valence-electron chi connectivity index (χ2n) is 6.57. The lowest BCUT2D eigenvalue weighted by atomic mass is 9.87. The van der Waals surface area contributed by atoms with Gasteiger partial charge in [0.15, 0.2) is 0 Å². The molecule has 3 N–H and O–H groups in total. The Kier molecular flexibility index (Phi) is 6.80. The monoisotopic (exact) mass is 300 g/mol. The molecule has 20 heavy (non-hydrogen) atoms. The third kappa shape index (κ3) is 6.12. The number of rotatable bonds is 7. The Morgan fingerprint density at radius 3 is 2.45 bits per heavy atom. The van der Waals surface area contributed by atoms with E-state index in [1.807, 2.05) is 12.1 Å². The molecule has 0 saturated heterocycles. The summed E-state index contributed by atoms with van der Waals surface area (Å²) in [5.74, 6) is 0.784. The highest BCUT2D eigenvalue weighted by Gasteiger charge is 2.15. The zero-order valence-electron chi connectivity index (χ0n) is 13.4. The van der Waals surface area contributed by atoms with E-state index in [2.05, 4.69) is 46.2 Å². The van der Waals surface area contributed by atoms with E-state index in [9.17, 15) is 0 Å². The smallest absolute Gasteiger partial charge is 0.138 e. The molecule has 114 valence electrons. The summed E-state index contributed by atoms with van der Waals surface area (Å²) in [7, 11) is 4.34. The fraction of sp³-hybridized carbons (Fsp3) is 0.625. The minimum absolute atomic E-state index is 0.116. The van der Waals surface area contributed by atoms with E-state index in [-0.39, 0.29) is 5.41 Å². The molecule has 0 saturated carbocycles. The largest absolute Gasteiger partial charge is 0.486 e. The first kappa shape index (κ1) is 17.3. The Hall–Kier alpha value is -0.770. The van der Waals surface area contributed by atoms with Gasteiger partial charge in [-0.25, -0.2) is 0 Å². The van der Waals surface area contributed by atoms with E-state index >= 15 is 0 Å². The van der Waals surface area contributed by atoms with Crippen LogP contribution in [-0.2, 0) is 5.41 Å². The molecule has 1 aromatic carbocycles. The lowest BCUT2D eigenvalue weighted by molar-refractivity contribution is -0.874. The van der Waals surface area contributed by atoms with Crippen LogP contribution in [0.25, 0.3) is 0 Å². The number of likely N-dealkylation sites (N-methyl/N-ethyl adjacent to an activating group) is 1. The third-order valence-electron chi connectivity index (χ3n) is 3.23. The fourth-order valence-corrected chi connectivity index (χ4v) is 2.11. The summed E-state index contributed by atoms with van der Waals surface area (Å²) in [4.78, 5) is 1.47. The highest BCUT2D eigenvalue weighted by Crippen LogP contribution is 2.30. The minimum atomic E-state index is 0.116. The molecule has 0 aliphatic rings. The number of quaternary nitrogens is 2. The molecule has 0 bridgehead atoms.